The van der Waals surface area contributed by atoms with Crippen molar-refractivity contribution in [2.45, 2.75) is 36.3 Å². The predicted molar refractivity (Wildman–Crippen MR) is 91.3 cm³/mol. The average molecular weight is 330 g/mol. The zero-order valence-electron chi connectivity index (χ0n) is 13.4. The Labute approximate surface area is 137 Å². The molecule has 2 aromatic rings. The van der Waals surface area contributed by atoms with Crippen molar-refractivity contribution in [1.29, 1.82) is 0 Å². The predicted octanol–water partition coefficient (Wildman–Crippen LogP) is 3.11. The van der Waals surface area contributed by atoms with Crippen LogP contribution in [0.5, 0.6) is 0 Å². The van der Waals surface area contributed by atoms with E-state index in [1.54, 1.807) is 12.1 Å². The maximum Gasteiger partial charge on any atom is 0.182 e. The molecule has 23 heavy (non-hydrogen) atoms. The summed E-state index contributed by atoms with van der Waals surface area (Å²) in [6.45, 7) is 3.92. The molecular formula is C19H22O3S. The van der Waals surface area contributed by atoms with Gasteiger partial charge in [0.05, 0.1) is 10.1 Å². The summed E-state index contributed by atoms with van der Waals surface area (Å²) in [7, 11) is -3.42. The summed E-state index contributed by atoms with van der Waals surface area (Å²) in [4.78, 5) is 0.347. The Bertz CT molecular complexity index is 776. The molecule has 0 aromatic heterocycles. The third kappa shape index (κ3) is 2.93. The van der Waals surface area contributed by atoms with E-state index in [1.165, 1.54) is 5.56 Å². The first kappa shape index (κ1) is 16.2. The monoisotopic (exact) mass is 330 g/mol. The first-order valence-corrected chi connectivity index (χ1v) is 9.54. The molecule has 1 fully saturated rings. The van der Waals surface area contributed by atoms with Crippen LogP contribution in [0.15, 0.2) is 53.4 Å². The summed E-state index contributed by atoms with van der Waals surface area (Å²) in [6.07, 6.45) is 0.958. The van der Waals surface area contributed by atoms with Gasteiger partial charge in [-0.2, -0.15) is 0 Å². The Hall–Kier alpha value is -1.65. The van der Waals surface area contributed by atoms with Crippen molar-refractivity contribution in [2.24, 2.45) is 5.92 Å². The van der Waals surface area contributed by atoms with E-state index in [0.717, 1.165) is 17.5 Å². The fourth-order valence-electron chi connectivity index (χ4n) is 3.28. The highest BCUT2D eigenvalue weighted by atomic mass is 32.2. The third-order valence-corrected chi connectivity index (χ3v) is 7.08. The van der Waals surface area contributed by atoms with E-state index in [1.807, 2.05) is 43.3 Å². The average Bonchev–Trinajstić information content (AvgIpc) is 3.31. The van der Waals surface area contributed by atoms with E-state index in [9.17, 15) is 13.5 Å². The Morgan fingerprint density at radius 2 is 1.61 bits per heavy atom. The summed E-state index contributed by atoms with van der Waals surface area (Å²) >= 11 is 0. The molecule has 1 aliphatic carbocycles. The van der Waals surface area contributed by atoms with E-state index in [0.29, 0.717) is 4.90 Å². The van der Waals surface area contributed by atoms with Gasteiger partial charge < -0.3 is 5.11 Å². The van der Waals surface area contributed by atoms with Crippen LogP contribution in [0.2, 0.25) is 0 Å². The van der Waals surface area contributed by atoms with Crippen LogP contribution < -0.4 is 0 Å². The molecule has 3 nitrogen and oxygen atoms in total. The van der Waals surface area contributed by atoms with Gasteiger partial charge in [-0.15, -0.1) is 0 Å². The molecule has 1 saturated carbocycles. The maximum atomic E-state index is 12.9. The van der Waals surface area contributed by atoms with Crippen molar-refractivity contribution in [3.63, 3.8) is 0 Å². The summed E-state index contributed by atoms with van der Waals surface area (Å²) in [5.74, 6) is -0.328. The maximum absolute atomic E-state index is 12.9. The van der Waals surface area contributed by atoms with Crippen molar-refractivity contribution < 1.29 is 13.5 Å². The second-order valence-electron chi connectivity index (χ2n) is 6.29. The van der Waals surface area contributed by atoms with Crippen molar-refractivity contribution in [3.8, 4) is 0 Å². The quantitative estimate of drug-likeness (QED) is 0.916. The molecule has 3 atom stereocenters. The van der Waals surface area contributed by atoms with Gasteiger partial charge in [0.15, 0.2) is 9.84 Å². The van der Waals surface area contributed by atoms with E-state index in [2.05, 4.69) is 6.92 Å². The number of hydrogen-bond acceptors (Lipinski definition) is 3. The van der Waals surface area contributed by atoms with Crippen molar-refractivity contribution >= 4 is 9.84 Å². The van der Waals surface area contributed by atoms with E-state index < -0.39 is 15.1 Å². The van der Waals surface area contributed by atoms with Gasteiger partial charge in [-0.25, -0.2) is 8.42 Å². The number of aryl methyl sites for hydroxylation is 2. The van der Waals surface area contributed by atoms with E-state index in [4.69, 9.17) is 0 Å². The summed E-state index contributed by atoms with van der Waals surface area (Å²) < 4.78 is 25.7. The zero-order chi connectivity index (χ0) is 16.6. The zero-order valence-corrected chi connectivity index (χ0v) is 14.3. The van der Waals surface area contributed by atoms with Gasteiger partial charge in [-0.3, -0.25) is 0 Å². The number of aliphatic hydroxyl groups excluding tert-OH is 1. The molecule has 4 heteroatoms. The lowest BCUT2D eigenvalue weighted by molar-refractivity contribution is 0.274. The van der Waals surface area contributed by atoms with Crippen LogP contribution in [0.25, 0.3) is 0 Å². The fraction of sp³-hybridized carbons (Fsp3) is 0.368. The summed E-state index contributed by atoms with van der Waals surface area (Å²) in [5, 5.41) is 9.07. The van der Waals surface area contributed by atoms with Crippen LogP contribution in [0, 0.1) is 12.8 Å². The number of sulfone groups is 1. The van der Waals surface area contributed by atoms with Crippen LogP contribution in [-0.4, -0.2) is 25.4 Å². The molecule has 0 spiro atoms. The largest absolute Gasteiger partial charge is 0.396 e. The second kappa shape index (κ2) is 6.10. The summed E-state index contributed by atoms with van der Waals surface area (Å²) in [5.41, 5.74) is 3.26. The minimum Gasteiger partial charge on any atom is -0.396 e. The SMILES string of the molecule is CCc1ccc([C@H]2[C@@H](CO)[C@@H]2S(=O)(=O)c2ccc(C)cc2)cc1. The summed E-state index contributed by atoms with van der Waals surface area (Å²) in [6, 6.07) is 15.0. The van der Waals surface area contributed by atoms with Gasteiger partial charge in [0.1, 0.15) is 0 Å². The van der Waals surface area contributed by atoms with Gasteiger partial charge in [0.25, 0.3) is 0 Å². The minimum atomic E-state index is -3.42. The van der Waals surface area contributed by atoms with Crippen LogP contribution in [-0.2, 0) is 16.3 Å². The first-order valence-electron chi connectivity index (χ1n) is 7.99. The lowest BCUT2D eigenvalue weighted by Gasteiger charge is -2.05. The standard InChI is InChI=1S/C19H22O3S/c1-3-14-6-8-15(9-7-14)18-17(12-20)19(18)23(21,22)16-10-4-13(2)5-11-16/h4-11,17-20H,3,12H2,1-2H3/t17-,18+,19+/m1/s1. The van der Waals surface area contributed by atoms with Gasteiger partial charge in [0, 0.05) is 18.4 Å². The van der Waals surface area contributed by atoms with Gasteiger partial charge in [0.2, 0.25) is 0 Å². The molecule has 2 aromatic carbocycles. The smallest absolute Gasteiger partial charge is 0.182 e. The molecule has 3 rings (SSSR count). The van der Waals surface area contributed by atoms with Gasteiger partial charge >= 0.3 is 0 Å². The molecule has 0 unspecified atom stereocenters. The number of rotatable bonds is 5. The number of aliphatic hydroxyl groups is 1. The molecule has 0 heterocycles. The second-order valence-corrected chi connectivity index (χ2v) is 8.40. The van der Waals surface area contributed by atoms with Gasteiger partial charge in [-0.1, -0.05) is 48.9 Å². The molecule has 0 aliphatic heterocycles. The van der Waals surface area contributed by atoms with Crippen molar-refractivity contribution in [3.05, 3.63) is 65.2 Å². The molecule has 0 amide bonds. The van der Waals surface area contributed by atoms with Crippen LogP contribution in [0.3, 0.4) is 0 Å². The molecular weight excluding hydrogens is 308 g/mol. The third-order valence-electron chi connectivity index (χ3n) is 4.79. The lowest BCUT2D eigenvalue weighted by Crippen LogP contribution is -2.11. The number of hydrogen-bond donors (Lipinski definition) is 1. The topological polar surface area (TPSA) is 54.4 Å². The number of benzene rings is 2. The Morgan fingerprint density at radius 1 is 1.00 bits per heavy atom. The lowest BCUT2D eigenvalue weighted by atomic mass is 10.1. The van der Waals surface area contributed by atoms with Crippen molar-refractivity contribution in [2.75, 3.05) is 6.61 Å². The molecule has 1 aliphatic rings. The Kier molecular flexibility index (Phi) is 4.30. The first-order chi connectivity index (χ1) is 11.0. The van der Waals surface area contributed by atoms with Crippen LogP contribution in [0.4, 0.5) is 0 Å². The minimum absolute atomic E-state index is 0.101. The normalized spacial score (nSPS) is 23.7. The highest BCUT2D eigenvalue weighted by Crippen LogP contribution is 2.53. The van der Waals surface area contributed by atoms with Gasteiger partial charge in [-0.05, 0) is 36.6 Å². The molecule has 0 bridgehead atoms. The van der Waals surface area contributed by atoms with Crippen LogP contribution in [0.1, 0.15) is 29.5 Å². The van der Waals surface area contributed by atoms with E-state index >= 15 is 0 Å². The fourth-order valence-corrected chi connectivity index (χ4v) is 5.48. The van der Waals surface area contributed by atoms with E-state index in [-0.39, 0.29) is 18.4 Å². The highest BCUT2D eigenvalue weighted by molar-refractivity contribution is 7.92. The molecule has 0 saturated heterocycles. The van der Waals surface area contributed by atoms with Crippen LogP contribution >= 0.6 is 0 Å². The Morgan fingerprint density at radius 3 is 2.13 bits per heavy atom. The molecule has 1 N–H and O–H groups in total. The highest BCUT2D eigenvalue weighted by Gasteiger charge is 2.58. The molecule has 122 valence electrons. The van der Waals surface area contributed by atoms with Crippen molar-refractivity contribution in [1.82, 2.24) is 0 Å². The Balaban J connectivity index is 1.90. The molecule has 0 radical (unpaired) electrons.